The molecule has 0 fully saturated rings. The highest BCUT2D eigenvalue weighted by atomic mass is 16.5. The molecular formula is C21H26N2O4. The van der Waals surface area contributed by atoms with Gasteiger partial charge in [-0.25, -0.2) is 4.79 Å². The van der Waals surface area contributed by atoms with Gasteiger partial charge in [0.2, 0.25) is 0 Å². The number of hydrogen-bond acceptors (Lipinski definition) is 5. The Bertz CT molecular complexity index is 755. The summed E-state index contributed by atoms with van der Waals surface area (Å²) in [7, 11) is 0. The summed E-state index contributed by atoms with van der Waals surface area (Å²) < 4.78 is 10.6. The van der Waals surface area contributed by atoms with Gasteiger partial charge < -0.3 is 19.7 Å². The van der Waals surface area contributed by atoms with Gasteiger partial charge in [-0.3, -0.25) is 4.79 Å². The predicted octanol–water partition coefficient (Wildman–Crippen LogP) is 3.73. The number of para-hydroxylation sites is 2. The lowest BCUT2D eigenvalue weighted by atomic mass is 10.2. The van der Waals surface area contributed by atoms with Crippen molar-refractivity contribution >= 4 is 23.3 Å². The van der Waals surface area contributed by atoms with Gasteiger partial charge in [0.15, 0.2) is 6.61 Å². The van der Waals surface area contributed by atoms with E-state index in [0.29, 0.717) is 23.6 Å². The molecule has 6 heteroatoms. The molecule has 0 saturated carbocycles. The maximum Gasteiger partial charge on any atom is 0.338 e. The van der Waals surface area contributed by atoms with Gasteiger partial charge in [-0.1, -0.05) is 12.1 Å². The molecular weight excluding hydrogens is 344 g/mol. The molecule has 1 amide bonds. The molecule has 0 aliphatic carbocycles. The molecule has 1 N–H and O–H groups in total. The Kier molecular flexibility index (Phi) is 7.67. The van der Waals surface area contributed by atoms with E-state index in [9.17, 15) is 9.59 Å². The maximum atomic E-state index is 12.2. The van der Waals surface area contributed by atoms with Gasteiger partial charge in [0.25, 0.3) is 5.91 Å². The normalized spacial score (nSPS) is 10.2. The minimum Gasteiger partial charge on any atom is -0.492 e. The molecule has 2 rings (SSSR count). The number of anilines is 2. The zero-order valence-electron chi connectivity index (χ0n) is 16.0. The van der Waals surface area contributed by atoms with Crippen LogP contribution in [0.25, 0.3) is 0 Å². The zero-order chi connectivity index (χ0) is 19.6. The van der Waals surface area contributed by atoms with Gasteiger partial charge in [0.1, 0.15) is 5.75 Å². The number of esters is 1. The first kappa shape index (κ1) is 20.3. The van der Waals surface area contributed by atoms with Crippen LogP contribution < -0.4 is 15.0 Å². The third kappa shape index (κ3) is 5.74. The van der Waals surface area contributed by atoms with Crippen molar-refractivity contribution in [1.29, 1.82) is 0 Å². The van der Waals surface area contributed by atoms with Crippen LogP contribution in [0.4, 0.5) is 11.4 Å². The van der Waals surface area contributed by atoms with Gasteiger partial charge in [-0.15, -0.1) is 0 Å². The number of carbonyl (C=O) groups is 2. The van der Waals surface area contributed by atoms with Crippen LogP contribution in [0.3, 0.4) is 0 Å². The van der Waals surface area contributed by atoms with E-state index >= 15 is 0 Å². The van der Waals surface area contributed by atoms with Crippen LogP contribution in [-0.2, 0) is 9.53 Å². The van der Waals surface area contributed by atoms with Crippen LogP contribution in [0.2, 0.25) is 0 Å². The maximum absolute atomic E-state index is 12.2. The van der Waals surface area contributed by atoms with Crippen molar-refractivity contribution in [3.8, 4) is 5.75 Å². The van der Waals surface area contributed by atoms with Crippen molar-refractivity contribution in [2.45, 2.75) is 20.8 Å². The van der Waals surface area contributed by atoms with Crippen molar-refractivity contribution in [2.75, 3.05) is 36.5 Å². The first-order valence-corrected chi connectivity index (χ1v) is 9.12. The third-order valence-corrected chi connectivity index (χ3v) is 4.03. The van der Waals surface area contributed by atoms with Gasteiger partial charge in [-0.2, -0.15) is 0 Å². The van der Waals surface area contributed by atoms with Crippen LogP contribution in [0.15, 0.2) is 48.5 Å². The molecule has 0 spiro atoms. The molecule has 0 aliphatic rings. The van der Waals surface area contributed by atoms with Gasteiger partial charge in [0.05, 0.1) is 17.9 Å². The highest BCUT2D eigenvalue weighted by molar-refractivity contribution is 5.96. The number of nitrogens with one attached hydrogen (secondary N) is 1. The monoisotopic (exact) mass is 370 g/mol. The zero-order valence-corrected chi connectivity index (χ0v) is 16.0. The van der Waals surface area contributed by atoms with Crippen LogP contribution in [0.5, 0.6) is 5.75 Å². The molecule has 0 atom stereocenters. The van der Waals surface area contributed by atoms with Gasteiger partial charge in [0, 0.05) is 18.8 Å². The second kappa shape index (κ2) is 10.2. The number of benzene rings is 2. The third-order valence-electron chi connectivity index (χ3n) is 4.03. The SMILES string of the molecule is CCOc1ccccc1NC(=O)COC(=O)c1ccc(N(CC)CC)cc1. The molecule has 0 bridgehead atoms. The van der Waals surface area contributed by atoms with Crippen molar-refractivity contribution in [2.24, 2.45) is 0 Å². The van der Waals surface area contributed by atoms with Crippen LogP contribution in [-0.4, -0.2) is 38.2 Å². The molecule has 27 heavy (non-hydrogen) atoms. The fourth-order valence-corrected chi connectivity index (χ4v) is 2.65. The Morgan fingerprint density at radius 2 is 1.63 bits per heavy atom. The minimum atomic E-state index is -0.533. The van der Waals surface area contributed by atoms with Crippen molar-refractivity contribution in [3.63, 3.8) is 0 Å². The lowest BCUT2D eigenvalue weighted by Crippen LogP contribution is -2.22. The largest absolute Gasteiger partial charge is 0.492 e. The predicted molar refractivity (Wildman–Crippen MR) is 107 cm³/mol. The lowest BCUT2D eigenvalue weighted by Gasteiger charge is -2.20. The van der Waals surface area contributed by atoms with E-state index in [1.165, 1.54) is 0 Å². The fourth-order valence-electron chi connectivity index (χ4n) is 2.65. The Morgan fingerprint density at radius 3 is 2.26 bits per heavy atom. The number of rotatable bonds is 9. The highest BCUT2D eigenvalue weighted by Crippen LogP contribution is 2.23. The van der Waals surface area contributed by atoms with Gasteiger partial charge >= 0.3 is 5.97 Å². The molecule has 2 aromatic carbocycles. The van der Waals surface area contributed by atoms with Gasteiger partial charge in [-0.05, 0) is 57.2 Å². The van der Waals surface area contributed by atoms with Crippen LogP contribution >= 0.6 is 0 Å². The Labute approximate surface area is 160 Å². The van der Waals surface area contributed by atoms with E-state index in [1.807, 2.05) is 25.1 Å². The van der Waals surface area contributed by atoms with Crippen LogP contribution in [0.1, 0.15) is 31.1 Å². The summed E-state index contributed by atoms with van der Waals surface area (Å²) in [5.74, 6) is -0.378. The summed E-state index contributed by atoms with van der Waals surface area (Å²) in [5, 5.41) is 2.69. The standard InChI is InChI=1S/C21H26N2O4/c1-4-23(5-2)17-13-11-16(12-14-17)21(25)27-15-20(24)22-18-9-7-8-10-19(18)26-6-3/h7-14H,4-6,15H2,1-3H3,(H,22,24). The number of hydrogen-bond donors (Lipinski definition) is 1. The summed E-state index contributed by atoms with van der Waals surface area (Å²) >= 11 is 0. The fraction of sp³-hybridized carbons (Fsp3) is 0.333. The molecule has 0 radical (unpaired) electrons. The van der Waals surface area contributed by atoms with E-state index in [-0.39, 0.29) is 6.61 Å². The number of ether oxygens (including phenoxy) is 2. The Morgan fingerprint density at radius 1 is 0.963 bits per heavy atom. The Hall–Kier alpha value is -3.02. The first-order chi connectivity index (χ1) is 13.1. The average Bonchev–Trinajstić information content (AvgIpc) is 2.69. The molecule has 0 saturated heterocycles. The highest BCUT2D eigenvalue weighted by Gasteiger charge is 2.12. The van der Waals surface area contributed by atoms with Crippen molar-refractivity contribution in [3.05, 3.63) is 54.1 Å². The molecule has 0 unspecified atom stereocenters. The second-order valence-corrected chi connectivity index (χ2v) is 5.77. The van der Waals surface area contributed by atoms with Crippen molar-refractivity contribution in [1.82, 2.24) is 0 Å². The molecule has 2 aromatic rings. The van der Waals surface area contributed by atoms with Crippen LogP contribution in [0, 0.1) is 0 Å². The molecule has 0 aromatic heterocycles. The lowest BCUT2D eigenvalue weighted by molar-refractivity contribution is -0.119. The summed E-state index contributed by atoms with van der Waals surface area (Å²) in [4.78, 5) is 26.4. The van der Waals surface area contributed by atoms with Crippen molar-refractivity contribution < 1.29 is 19.1 Å². The smallest absolute Gasteiger partial charge is 0.338 e. The number of carbonyl (C=O) groups excluding carboxylic acids is 2. The van der Waals surface area contributed by atoms with E-state index in [2.05, 4.69) is 24.1 Å². The topological polar surface area (TPSA) is 67.9 Å². The van der Waals surface area contributed by atoms with E-state index in [0.717, 1.165) is 18.8 Å². The van der Waals surface area contributed by atoms with E-state index < -0.39 is 11.9 Å². The molecule has 0 aliphatic heterocycles. The number of nitrogens with zero attached hydrogens (tertiary/aromatic N) is 1. The first-order valence-electron chi connectivity index (χ1n) is 9.12. The minimum absolute atomic E-state index is 0.364. The second-order valence-electron chi connectivity index (χ2n) is 5.77. The average molecular weight is 370 g/mol. The Balaban J connectivity index is 1.90. The number of amides is 1. The van der Waals surface area contributed by atoms with E-state index in [4.69, 9.17) is 9.47 Å². The quantitative estimate of drug-likeness (QED) is 0.681. The summed E-state index contributed by atoms with van der Waals surface area (Å²) in [5.41, 5.74) is 2.00. The molecule has 0 heterocycles. The summed E-state index contributed by atoms with van der Waals surface area (Å²) in [6, 6.07) is 14.3. The summed E-state index contributed by atoms with van der Waals surface area (Å²) in [6.45, 7) is 7.93. The molecule has 6 nitrogen and oxygen atoms in total. The molecule has 144 valence electrons. The van der Waals surface area contributed by atoms with E-state index in [1.54, 1.807) is 30.3 Å². The summed E-state index contributed by atoms with van der Waals surface area (Å²) in [6.07, 6.45) is 0.